The molecule has 2 rings (SSSR count). The fourth-order valence-corrected chi connectivity index (χ4v) is 2.02. The molecule has 1 heterocycles. The molecule has 0 unspecified atom stereocenters. The van der Waals surface area contributed by atoms with Crippen LogP contribution in [0.5, 0.6) is 11.5 Å². The predicted molar refractivity (Wildman–Crippen MR) is 64.8 cm³/mol. The number of phenols is 1. The lowest BCUT2D eigenvalue weighted by Crippen LogP contribution is -2.29. The van der Waals surface area contributed by atoms with Gasteiger partial charge < -0.3 is 20.1 Å². The van der Waals surface area contributed by atoms with Crippen LogP contribution in [0.2, 0.25) is 0 Å². The first-order valence-electron chi connectivity index (χ1n) is 5.46. The average Bonchev–Trinajstić information content (AvgIpc) is 2.25. The van der Waals surface area contributed by atoms with E-state index in [9.17, 15) is 15.0 Å². The second kappa shape index (κ2) is 4.03. The lowest BCUT2D eigenvalue weighted by molar-refractivity contribution is 0.0693. The molecule has 0 bridgehead atoms. The minimum Gasteiger partial charge on any atom is -0.507 e. The van der Waals surface area contributed by atoms with E-state index in [0.717, 1.165) is 0 Å². The monoisotopic (exact) mass is 250 g/mol. The summed E-state index contributed by atoms with van der Waals surface area (Å²) < 4.78 is 5.63. The molecule has 5 heteroatoms. The number of carbonyl (C=O) groups is 1. The van der Waals surface area contributed by atoms with E-state index < -0.39 is 11.6 Å². The first kappa shape index (κ1) is 12.4. The third-order valence-corrected chi connectivity index (χ3v) is 2.74. The normalized spacial score (nSPS) is 16.5. The van der Waals surface area contributed by atoms with Crippen LogP contribution in [0, 0.1) is 0 Å². The molecule has 0 aromatic heterocycles. The van der Waals surface area contributed by atoms with Gasteiger partial charge in [0.1, 0.15) is 22.7 Å². The molecular formula is C13H14O5. The lowest BCUT2D eigenvalue weighted by atomic mass is 9.93. The van der Waals surface area contributed by atoms with Crippen molar-refractivity contribution in [3.63, 3.8) is 0 Å². The summed E-state index contributed by atoms with van der Waals surface area (Å²) in [6.07, 6.45) is 1.73. The maximum Gasteiger partial charge on any atom is 0.339 e. The molecular weight excluding hydrogens is 236 g/mol. The van der Waals surface area contributed by atoms with Crippen molar-refractivity contribution in [3.05, 3.63) is 29.3 Å². The van der Waals surface area contributed by atoms with Crippen LogP contribution in [0.4, 0.5) is 0 Å². The Bertz CT molecular complexity index is 543. The second-order valence-electron chi connectivity index (χ2n) is 4.70. The van der Waals surface area contributed by atoms with E-state index in [-0.39, 0.29) is 17.9 Å². The topological polar surface area (TPSA) is 87.0 Å². The second-order valence-corrected chi connectivity index (χ2v) is 4.70. The summed E-state index contributed by atoms with van der Waals surface area (Å²) in [6, 6.07) is 2.58. The van der Waals surface area contributed by atoms with Gasteiger partial charge in [-0.1, -0.05) is 0 Å². The Morgan fingerprint density at radius 2 is 2.06 bits per heavy atom. The Morgan fingerprint density at radius 1 is 1.39 bits per heavy atom. The number of carboxylic acids is 1. The molecule has 5 nitrogen and oxygen atoms in total. The molecule has 1 aromatic rings. The van der Waals surface area contributed by atoms with E-state index in [1.807, 2.05) is 13.8 Å². The van der Waals surface area contributed by atoms with Crippen LogP contribution in [-0.4, -0.2) is 33.5 Å². The number of aromatic hydroxyl groups is 1. The van der Waals surface area contributed by atoms with Crippen molar-refractivity contribution in [3.8, 4) is 11.5 Å². The highest BCUT2D eigenvalue weighted by Gasteiger charge is 2.28. The van der Waals surface area contributed by atoms with E-state index in [0.29, 0.717) is 16.9 Å². The summed E-state index contributed by atoms with van der Waals surface area (Å²) in [5.41, 5.74) is 0.259. The Labute approximate surface area is 104 Å². The highest BCUT2D eigenvalue weighted by Crippen LogP contribution is 2.39. The fraction of sp³-hybridized carbons (Fsp3) is 0.308. The molecule has 0 fully saturated rings. The Balaban J connectivity index is 2.63. The van der Waals surface area contributed by atoms with Crippen LogP contribution in [0.25, 0.3) is 5.57 Å². The fourth-order valence-electron chi connectivity index (χ4n) is 2.02. The van der Waals surface area contributed by atoms with Crippen LogP contribution >= 0.6 is 0 Å². The molecule has 1 aliphatic rings. The number of rotatable bonds is 2. The number of aliphatic hydroxyl groups excluding tert-OH is 1. The molecule has 1 aliphatic heterocycles. The van der Waals surface area contributed by atoms with E-state index in [2.05, 4.69) is 0 Å². The number of hydrogen-bond acceptors (Lipinski definition) is 4. The van der Waals surface area contributed by atoms with Gasteiger partial charge in [0.15, 0.2) is 0 Å². The molecule has 0 radical (unpaired) electrons. The van der Waals surface area contributed by atoms with Gasteiger partial charge in [0.05, 0.1) is 6.61 Å². The molecule has 0 amide bonds. The van der Waals surface area contributed by atoms with Crippen LogP contribution in [0.3, 0.4) is 0 Å². The minimum atomic E-state index is -1.22. The van der Waals surface area contributed by atoms with Crippen molar-refractivity contribution in [1.29, 1.82) is 0 Å². The zero-order chi connectivity index (χ0) is 13.5. The summed E-state index contributed by atoms with van der Waals surface area (Å²) in [5.74, 6) is -1.21. The molecule has 18 heavy (non-hydrogen) atoms. The minimum absolute atomic E-state index is 0.212. The largest absolute Gasteiger partial charge is 0.507 e. The summed E-state index contributed by atoms with van der Waals surface area (Å²) in [7, 11) is 0. The first-order chi connectivity index (χ1) is 8.34. The predicted octanol–water partition coefficient (Wildman–Crippen LogP) is 1.64. The van der Waals surface area contributed by atoms with Gasteiger partial charge in [-0.25, -0.2) is 4.79 Å². The van der Waals surface area contributed by atoms with Crippen molar-refractivity contribution >= 4 is 11.5 Å². The zero-order valence-corrected chi connectivity index (χ0v) is 10.1. The molecule has 1 aromatic carbocycles. The smallest absolute Gasteiger partial charge is 0.339 e. The van der Waals surface area contributed by atoms with Gasteiger partial charge in [-0.3, -0.25) is 0 Å². The SMILES string of the molecule is CC1(C)C=C(CO)c2cc(C(=O)O)c(O)cc2O1. The molecule has 0 saturated heterocycles. The third kappa shape index (κ3) is 2.04. The number of benzene rings is 1. The third-order valence-electron chi connectivity index (χ3n) is 2.74. The zero-order valence-electron chi connectivity index (χ0n) is 10.1. The standard InChI is InChI=1S/C13H14O5/c1-13(2)5-7(6-14)8-3-9(12(16)17)10(15)4-11(8)18-13/h3-5,14-15H,6H2,1-2H3,(H,16,17). The van der Waals surface area contributed by atoms with Gasteiger partial charge in [0.2, 0.25) is 0 Å². The molecule has 0 saturated carbocycles. The molecule has 0 spiro atoms. The van der Waals surface area contributed by atoms with Gasteiger partial charge in [-0.05, 0) is 31.6 Å². The Hall–Kier alpha value is -2.01. The van der Waals surface area contributed by atoms with Crippen LogP contribution in [0.15, 0.2) is 18.2 Å². The van der Waals surface area contributed by atoms with Crippen LogP contribution in [0.1, 0.15) is 29.8 Å². The summed E-state index contributed by atoms with van der Waals surface area (Å²) in [5, 5.41) is 27.9. The number of aromatic carboxylic acids is 1. The van der Waals surface area contributed by atoms with Crippen molar-refractivity contribution in [2.24, 2.45) is 0 Å². The Kier molecular flexibility index (Phi) is 2.78. The lowest BCUT2D eigenvalue weighted by Gasteiger charge is -2.31. The van der Waals surface area contributed by atoms with E-state index in [1.165, 1.54) is 12.1 Å². The quantitative estimate of drug-likeness (QED) is 0.742. The average molecular weight is 250 g/mol. The van der Waals surface area contributed by atoms with Crippen molar-refractivity contribution in [2.75, 3.05) is 6.61 Å². The van der Waals surface area contributed by atoms with Crippen molar-refractivity contribution in [1.82, 2.24) is 0 Å². The number of ether oxygens (including phenoxy) is 1. The number of aliphatic hydroxyl groups is 1. The highest BCUT2D eigenvalue weighted by atomic mass is 16.5. The van der Waals surface area contributed by atoms with E-state index in [1.54, 1.807) is 6.08 Å². The van der Waals surface area contributed by atoms with E-state index >= 15 is 0 Å². The Morgan fingerprint density at radius 3 is 2.61 bits per heavy atom. The van der Waals surface area contributed by atoms with Gasteiger partial charge in [-0.15, -0.1) is 0 Å². The van der Waals surface area contributed by atoms with Crippen LogP contribution < -0.4 is 4.74 Å². The van der Waals surface area contributed by atoms with Gasteiger partial charge >= 0.3 is 5.97 Å². The first-order valence-corrected chi connectivity index (χ1v) is 5.46. The summed E-state index contributed by atoms with van der Waals surface area (Å²) in [6.45, 7) is 3.41. The molecule has 0 atom stereocenters. The maximum atomic E-state index is 10.9. The highest BCUT2D eigenvalue weighted by molar-refractivity contribution is 5.93. The molecule has 0 aliphatic carbocycles. The molecule has 96 valence electrons. The van der Waals surface area contributed by atoms with Crippen LogP contribution in [-0.2, 0) is 0 Å². The van der Waals surface area contributed by atoms with Gasteiger partial charge in [0.25, 0.3) is 0 Å². The summed E-state index contributed by atoms with van der Waals surface area (Å²) >= 11 is 0. The van der Waals surface area contributed by atoms with Gasteiger partial charge in [-0.2, -0.15) is 0 Å². The number of carboxylic acid groups (broad SMARTS) is 1. The van der Waals surface area contributed by atoms with Crippen molar-refractivity contribution in [2.45, 2.75) is 19.4 Å². The summed E-state index contributed by atoms with van der Waals surface area (Å²) in [4.78, 5) is 10.9. The van der Waals surface area contributed by atoms with Gasteiger partial charge in [0, 0.05) is 11.6 Å². The molecule has 3 N–H and O–H groups in total. The number of hydrogen-bond donors (Lipinski definition) is 3. The van der Waals surface area contributed by atoms with E-state index in [4.69, 9.17) is 9.84 Å². The maximum absolute atomic E-state index is 10.9. The van der Waals surface area contributed by atoms with Crippen molar-refractivity contribution < 1.29 is 24.9 Å². The number of fused-ring (bicyclic) bond motifs is 1.